The number of nitrogens with zero attached hydrogens (tertiary/aromatic N) is 3. The first-order valence-electron chi connectivity index (χ1n) is 7.89. The number of hydrogen-bond donors (Lipinski definition) is 1. The van der Waals surface area contributed by atoms with Crippen molar-refractivity contribution in [3.63, 3.8) is 0 Å². The highest BCUT2D eigenvalue weighted by Gasteiger charge is 2.27. The van der Waals surface area contributed by atoms with Gasteiger partial charge in [-0.25, -0.2) is 13.1 Å². The Kier molecular flexibility index (Phi) is 4.50. The van der Waals surface area contributed by atoms with Crippen LogP contribution in [0.1, 0.15) is 42.9 Å². The van der Waals surface area contributed by atoms with Crippen molar-refractivity contribution in [2.45, 2.75) is 56.5 Å². The van der Waals surface area contributed by atoms with Crippen molar-refractivity contribution >= 4 is 10.0 Å². The lowest BCUT2D eigenvalue weighted by Crippen LogP contribution is -2.38. The summed E-state index contributed by atoms with van der Waals surface area (Å²) in [5, 5.41) is 7.68. The normalized spacial score (nSPS) is 22.2. The molecule has 1 aliphatic carbocycles. The van der Waals surface area contributed by atoms with Gasteiger partial charge in [-0.1, -0.05) is 6.07 Å². The summed E-state index contributed by atoms with van der Waals surface area (Å²) in [6, 6.07) is 5.61. The average molecular weight is 334 g/mol. The van der Waals surface area contributed by atoms with E-state index in [2.05, 4.69) is 14.9 Å². The van der Waals surface area contributed by atoms with Gasteiger partial charge in [0, 0.05) is 12.1 Å². The quantitative estimate of drug-likeness (QED) is 0.931. The fraction of sp³-hybridized carbons (Fsp3) is 0.500. The van der Waals surface area contributed by atoms with Crippen LogP contribution in [0.3, 0.4) is 0 Å². The monoisotopic (exact) mass is 334 g/mol. The van der Waals surface area contributed by atoms with Crippen molar-refractivity contribution < 1.29 is 8.42 Å². The van der Waals surface area contributed by atoms with Crippen LogP contribution in [-0.4, -0.2) is 29.2 Å². The number of nitrogens with one attached hydrogen (secondary N) is 1. The molecule has 1 saturated carbocycles. The topological polar surface area (TPSA) is 76.9 Å². The van der Waals surface area contributed by atoms with E-state index in [0.717, 1.165) is 36.8 Å². The zero-order valence-corrected chi connectivity index (χ0v) is 14.3. The van der Waals surface area contributed by atoms with Crippen LogP contribution in [0.4, 0.5) is 0 Å². The van der Waals surface area contributed by atoms with Gasteiger partial charge in [0.25, 0.3) is 0 Å². The third kappa shape index (κ3) is 3.79. The zero-order valence-electron chi connectivity index (χ0n) is 13.4. The Morgan fingerprint density at radius 3 is 2.39 bits per heavy atom. The molecule has 0 amide bonds. The lowest BCUT2D eigenvalue weighted by molar-refractivity contribution is 0.305. The van der Waals surface area contributed by atoms with Gasteiger partial charge in [-0.15, -0.1) is 10.2 Å². The molecule has 1 aliphatic rings. The lowest BCUT2D eigenvalue weighted by Gasteiger charge is -2.30. The van der Waals surface area contributed by atoms with Crippen LogP contribution in [0.25, 0.3) is 0 Å². The Bertz CT molecular complexity index is 751. The fourth-order valence-corrected chi connectivity index (χ4v) is 4.79. The molecule has 3 rings (SSSR count). The number of aromatic nitrogens is 3. The van der Waals surface area contributed by atoms with Gasteiger partial charge in [-0.3, -0.25) is 0 Å². The van der Waals surface area contributed by atoms with Crippen LogP contribution in [0.5, 0.6) is 0 Å². The lowest BCUT2D eigenvalue weighted by atomic mass is 9.91. The standard InChI is InChI=1S/C16H22N4O2S/c1-12-6-13(2)8-16(7-12)23(21,22)19-14-4-3-5-15(9-14)20-10-17-18-11-20/h6-8,10-11,14-15,19H,3-5,9H2,1-2H3. The van der Waals surface area contributed by atoms with Gasteiger partial charge in [0.1, 0.15) is 12.7 Å². The molecule has 6 nitrogen and oxygen atoms in total. The fourth-order valence-electron chi connectivity index (χ4n) is 3.31. The molecule has 1 aromatic carbocycles. The van der Waals surface area contributed by atoms with E-state index >= 15 is 0 Å². The van der Waals surface area contributed by atoms with Gasteiger partial charge < -0.3 is 4.57 Å². The van der Waals surface area contributed by atoms with Crippen molar-refractivity contribution in [1.29, 1.82) is 0 Å². The van der Waals surface area contributed by atoms with Crippen LogP contribution in [0.15, 0.2) is 35.7 Å². The van der Waals surface area contributed by atoms with E-state index in [1.165, 1.54) is 0 Å². The second kappa shape index (κ2) is 6.41. The first-order valence-corrected chi connectivity index (χ1v) is 9.37. The molecule has 0 aliphatic heterocycles. The van der Waals surface area contributed by atoms with E-state index in [-0.39, 0.29) is 12.1 Å². The molecule has 0 radical (unpaired) electrons. The van der Waals surface area contributed by atoms with Gasteiger partial charge in [0.2, 0.25) is 10.0 Å². The molecule has 1 heterocycles. The van der Waals surface area contributed by atoms with E-state index in [1.807, 2.05) is 24.5 Å². The number of hydrogen-bond acceptors (Lipinski definition) is 4. The van der Waals surface area contributed by atoms with Crippen molar-refractivity contribution in [3.8, 4) is 0 Å². The molecule has 2 aromatic rings. The van der Waals surface area contributed by atoms with Gasteiger partial charge in [0.15, 0.2) is 0 Å². The maximum absolute atomic E-state index is 12.7. The maximum Gasteiger partial charge on any atom is 0.240 e. The summed E-state index contributed by atoms with van der Waals surface area (Å²) in [6.45, 7) is 3.82. The van der Waals surface area contributed by atoms with Crippen molar-refractivity contribution in [3.05, 3.63) is 42.0 Å². The summed E-state index contributed by atoms with van der Waals surface area (Å²) >= 11 is 0. The van der Waals surface area contributed by atoms with E-state index in [0.29, 0.717) is 4.90 Å². The molecule has 1 fully saturated rings. The third-order valence-corrected chi connectivity index (χ3v) is 5.83. The van der Waals surface area contributed by atoms with Crippen molar-refractivity contribution in [2.75, 3.05) is 0 Å². The van der Waals surface area contributed by atoms with E-state index in [1.54, 1.807) is 24.8 Å². The summed E-state index contributed by atoms with van der Waals surface area (Å²) in [5.74, 6) is 0. The van der Waals surface area contributed by atoms with Crippen molar-refractivity contribution in [2.24, 2.45) is 0 Å². The smallest absolute Gasteiger partial charge is 0.240 e. The van der Waals surface area contributed by atoms with Crippen LogP contribution in [-0.2, 0) is 10.0 Å². The van der Waals surface area contributed by atoms with Crippen LogP contribution >= 0.6 is 0 Å². The van der Waals surface area contributed by atoms with Crippen LogP contribution in [0.2, 0.25) is 0 Å². The summed E-state index contributed by atoms with van der Waals surface area (Å²) in [7, 11) is -3.49. The molecule has 1 aromatic heterocycles. The second-order valence-electron chi connectivity index (χ2n) is 6.37. The van der Waals surface area contributed by atoms with Crippen molar-refractivity contribution in [1.82, 2.24) is 19.5 Å². The minimum Gasteiger partial charge on any atom is -0.317 e. The Labute approximate surface area is 137 Å². The molecular formula is C16H22N4O2S. The molecular weight excluding hydrogens is 312 g/mol. The highest BCUT2D eigenvalue weighted by molar-refractivity contribution is 7.89. The molecule has 23 heavy (non-hydrogen) atoms. The minimum absolute atomic E-state index is 0.0537. The summed E-state index contributed by atoms with van der Waals surface area (Å²) in [6.07, 6.45) is 7.05. The number of benzene rings is 1. The van der Waals surface area contributed by atoms with Gasteiger partial charge in [0.05, 0.1) is 4.90 Å². The first-order chi connectivity index (χ1) is 10.9. The van der Waals surface area contributed by atoms with Crippen LogP contribution < -0.4 is 4.72 Å². The van der Waals surface area contributed by atoms with E-state index in [4.69, 9.17) is 0 Å². The van der Waals surface area contributed by atoms with E-state index in [9.17, 15) is 8.42 Å². The molecule has 2 atom stereocenters. The summed E-state index contributed by atoms with van der Waals surface area (Å²) in [4.78, 5) is 0.349. The van der Waals surface area contributed by atoms with Gasteiger partial charge in [-0.05, 0) is 62.8 Å². The van der Waals surface area contributed by atoms with Gasteiger partial charge >= 0.3 is 0 Å². The number of rotatable bonds is 4. The highest BCUT2D eigenvalue weighted by atomic mass is 32.2. The molecule has 2 unspecified atom stereocenters. The molecule has 7 heteroatoms. The first kappa shape index (κ1) is 16.1. The Morgan fingerprint density at radius 1 is 1.09 bits per heavy atom. The van der Waals surface area contributed by atoms with Gasteiger partial charge in [-0.2, -0.15) is 0 Å². The third-order valence-electron chi connectivity index (χ3n) is 4.33. The Balaban J connectivity index is 1.75. The average Bonchev–Trinajstić information content (AvgIpc) is 3.00. The Morgan fingerprint density at radius 2 is 1.74 bits per heavy atom. The summed E-state index contributed by atoms with van der Waals surface area (Å²) < 4.78 is 30.2. The SMILES string of the molecule is Cc1cc(C)cc(S(=O)(=O)NC2CCCC(n3cnnc3)C2)c1. The molecule has 124 valence electrons. The summed E-state index contributed by atoms with van der Waals surface area (Å²) in [5.41, 5.74) is 1.91. The van der Waals surface area contributed by atoms with Crippen LogP contribution in [0, 0.1) is 13.8 Å². The minimum atomic E-state index is -3.49. The number of aryl methyl sites for hydroxylation is 2. The molecule has 0 saturated heterocycles. The zero-order chi connectivity index (χ0) is 16.4. The number of sulfonamides is 1. The predicted octanol–water partition coefficient (Wildman–Crippen LogP) is 2.36. The Hall–Kier alpha value is -1.73. The largest absolute Gasteiger partial charge is 0.317 e. The molecule has 1 N–H and O–H groups in total. The maximum atomic E-state index is 12.7. The molecule has 0 bridgehead atoms. The molecule has 0 spiro atoms. The van der Waals surface area contributed by atoms with E-state index < -0.39 is 10.0 Å². The predicted molar refractivity (Wildman–Crippen MR) is 87.6 cm³/mol. The second-order valence-corrected chi connectivity index (χ2v) is 8.09. The highest BCUT2D eigenvalue weighted by Crippen LogP contribution is 2.29.